The molecular weight excluding hydrogens is 290 g/mol. The van der Waals surface area contributed by atoms with E-state index < -0.39 is 0 Å². The Bertz CT molecular complexity index is 735. The molecule has 4 nitrogen and oxygen atoms in total. The van der Waals surface area contributed by atoms with Crippen molar-refractivity contribution in [1.82, 2.24) is 5.32 Å². The first-order valence-electron chi connectivity index (χ1n) is 7.59. The predicted octanol–water partition coefficient (Wildman–Crippen LogP) is 3.57. The minimum Gasteiger partial charge on any atom is -0.508 e. The number of rotatable bonds is 5. The summed E-state index contributed by atoms with van der Waals surface area (Å²) in [6.45, 7) is 6.59. The second kappa shape index (κ2) is 7.09. The van der Waals surface area contributed by atoms with Gasteiger partial charge >= 0.3 is 0 Å². The zero-order valence-corrected chi connectivity index (χ0v) is 13.6. The molecule has 0 aromatic heterocycles. The lowest BCUT2D eigenvalue weighted by atomic mass is 9.94. The summed E-state index contributed by atoms with van der Waals surface area (Å²) in [7, 11) is 0. The third kappa shape index (κ3) is 3.97. The van der Waals surface area contributed by atoms with Gasteiger partial charge in [0.25, 0.3) is 5.91 Å². The summed E-state index contributed by atoms with van der Waals surface area (Å²) in [4.78, 5) is 23.3. The van der Waals surface area contributed by atoms with Crippen molar-refractivity contribution < 1.29 is 14.7 Å². The third-order valence-electron chi connectivity index (χ3n) is 3.61. The van der Waals surface area contributed by atoms with Crippen LogP contribution in [0, 0.1) is 12.8 Å². The van der Waals surface area contributed by atoms with E-state index in [2.05, 4.69) is 5.32 Å². The summed E-state index contributed by atoms with van der Waals surface area (Å²) in [6.07, 6.45) is 0.761. The number of aromatic hydroxyl groups is 1. The minimum absolute atomic E-state index is 0.101. The average molecular weight is 311 g/mol. The highest BCUT2D eigenvalue weighted by molar-refractivity contribution is 5.96. The molecule has 2 N–H and O–H groups in total. The molecule has 2 aromatic carbocycles. The van der Waals surface area contributed by atoms with E-state index in [0.717, 1.165) is 17.4 Å². The number of hydrogen-bond donors (Lipinski definition) is 2. The van der Waals surface area contributed by atoms with Crippen molar-refractivity contribution in [1.29, 1.82) is 0 Å². The van der Waals surface area contributed by atoms with Crippen LogP contribution in [-0.4, -0.2) is 23.8 Å². The summed E-state index contributed by atoms with van der Waals surface area (Å²) < 4.78 is 0. The number of carbonyl (C=O) groups is 2. The van der Waals surface area contributed by atoms with Crippen LogP contribution in [0.15, 0.2) is 36.4 Å². The van der Waals surface area contributed by atoms with Crippen LogP contribution in [-0.2, 0) is 0 Å². The molecule has 4 heteroatoms. The van der Waals surface area contributed by atoms with Crippen molar-refractivity contribution in [2.24, 2.45) is 5.92 Å². The molecule has 0 atom stereocenters. The van der Waals surface area contributed by atoms with Gasteiger partial charge in [-0.3, -0.25) is 9.59 Å². The van der Waals surface area contributed by atoms with Crippen LogP contribution in [0.1, 0.15) is 40.1 Å². The average Bonchev–Trinajstić information content (AvgIpc) is 2.52. The monoisotopic (exact) mass is 311 g/mol. The van der Waals surface area contributed by atoms with Gasteiger partial charge < -0.3 is 10.4 Å². The summed E-state index contributed by atoms with van der Waals surface area (Å²) in [5.74, 6) is 0.380. The summed E-state index contributed by atoms with van der Waals surface area (Å²) in [5, 5.41) is 12.6. The number of phenolic OH excluding ortho intramolecular Hbond substituents is 1. The molecule has 0 spiro atoms. The van der Waals surface area contributed by atoms with Crippen molar-refractivity contribution in [2.75, 3.05) is 6.54 Å². The Morgan fingerprint density at radius 3 is 2.52 bits per heavy atom. The zero-order chi connectivity index (χ0) is 17.0. The van der Waals surface area contributed by atoms with E-state index in [4.69, 9.17) is 0 Å². The lowest BCUT2D eigenvalue weighted by Crippen LogP contribution is -2.27. The van der Waals surface area contributed by atoms with E-state index in [-0.39, 0.29) is 11.7 Å². The fourth-order valence-electron chi connectivity index (χ4n) is 2.39. The number of benzene rings is 2. The fourth-order valence-corrected chi connectivity index (χ4v) is 2.39. The van der Waals surface area contributed by atoms with Crippen LogP contribution in [0.3, 0.4) is 0 Å². The number of hydrogen-bond acceptors (Lipinski definition) is 3. The van der Waals surface area contributed by atoms with Crippen molar-refractivity contribution >= 4 is 12.2 Å². The molecule has 0 saturated heterocycles. The number of nitrogens with one attached hydrogen (secondary N) is 1. The maximum absolute atomic E-state index is 12.1. The standard InChI is InChI=1S/C19H21NO3/c1-12(2)10-20-19(23)14-5-7-17(13(3)8-14)18-9-16(22)6-4-15(18)11-21/h4-9,11-12,22H,10H2,1-3H3,(H,20,23). The van der Waals surface area contributed by atoms with Gasteiger partial charge in [-0.25, -0.2) is 0 Å². The lowest BCUT2D eigenvalue weighted by Gasteiger charge is -2.12. The SMILES string of the molecule is Cc1cc(C(=O)NCC(C)C)ccc1-c1cc(O)ccc1C=O. The smallest absolute Gasteiger partial charge is 0.251 e. The van der Waals surface area contributed by atoms with E-state index in [1.165, 1.54) is 6.07 Å². The van der Waals surface area contributed by atoms with Crippen LogP contribution in [0.2, 0.25) is 0 Å². The first kappa shape index (κ1) is 16.7. The molecule has 0 heterocycles. The van der Waals surface area contributed by atoms with Gasteiger partial charge in [-0.1, -0.05) is 19.9 Å². The maximum Gasteiger partial charge on any atom is 0.251 e. The highest BCUT2D eigenvalue weighted by Crippen LogP contribution is 2.29. The molecule has 0 aliphatic carbocycles. The van der Waals surface area contributed by atoms with Crippen molar-refractivity contribution in [3.63, 3.8) is 0 Å². The first-order valence-corrected chi connectivity index (χ1v) is 7.59. The molecule has 0 saturated carbocycles. The van der Waals surface area contributed by atoms with Crippen molar-refractivity contribution in [3.05, 3.63) is 53.1 Å². The third-order valence-corrected chi connectivity index (χ3v) is 3.61. The highest BCUT2D eigenvalue weighted by Gasteiger charge is 2.12. The predicted molar refractivity (Wildman–Crippen MR) is 90.8 cm³/mol. The van der Waals surface area contributed by atoms with Crippen molar-refractivity contribution in [2.45, 2.75) is 20.8 Å². The summed E-state index contributed by atoms with van der Waals surface area (Å²) in [5.41, 5.74) is 3.44. The first-order chi connectivity index (χ1) is 10.9. The molecule has 2 aromatic rings. The van der Waals surface area contributed by atoms with E-state index in [1.54, 1.807) is 30.3 Å². The fraction of sp³-hybridized carbons (Fsp3) is 0.263. The lowest BCUT2D eigenvalue weighted by molar-refractivity contribution is 0.0948. The van der Waals surface area contributed by atoms with Crippen LogP contribution < -0.4 is 5.32 Å². The number of phenols is 1. The van der Waals surface area contributed by atoms with Crippen LogP contribution in [0.25, 0.3) is 11.1 Å². The molecule has 0 bridgehead atoms. The summed E-state index contributed by atoms with van der Waals surface area (Å²) >= 11 is 0. The Balaban J connectivity index is 2.35. The van der Waals surface area contributed by atoms with Gasteiger partial charge in [-0.05, 0) is 59.9 Å². The summed E-state index contributed by atoms with van der Waals surface area (Å²) in [6, 6.07) is 9.96. The molecule has 0 unspecified atom stereocenters. The van der Waals surface area contributed by atoms with Gasteiger partial charge in [0.2, 0.25) is 0 Å². The quantitative estimate of drug-likeness (QED) is 0.830. The zero-order valence-electron chi connectivity index (χ0n) is 13.6. The van der Waals surface area contributed by atoms with Gasteiger partial charge in [-0.2, -0.15) is 0 Å². The number of aryl methyl sites for hydroxylation is 1. The second-order valence-corrected chi connectivity index (χ2v) is 6.02. The molecule has 2 rings (SSSR count). The molecule has 0 aliphatic heterocycles. The minimum atomic E-state index is -0.111. The highest BCUT2D eigenvalue weighted by atomic mass is 16.3. The van der Waals surface area contributed by atoms with Crippen LogP contribution in [0.5, 0.6) is 5.75 Å². The second-order valence-electron chi connectivity index (χ2n) is 6.02. The van der Waals surface area contributed by atoms with Crippen molar-refractivity contribution in [3.8, 4) is 16.9 Å². The molecule has 0 radical (unpaired) electrons. The largest absolute Gasteiger partial charge is 0.508 e. The normalized spacial score (nSPS) is 10.6. The van der Waals surface area contributed by atoms with Gasteiger partial charge in [0.15, 0.2) is 6.29 Å². The van der Waals surface area contributed by atoms with E-state index in [1.807, 2.05) is 20.8 Å². The Hall–Kier alpha value is -2.62. The van der Waals surface area contributed by atoms with Gasteiger partial charge in [0, 0.05) is 17.7 Å². The Morgan fingerprint density at radius 2 is 1.91 bits per heavy atom. The Morgan fingerprint density at radius 1 is 1.17 bits per heavy atom. The molecule has 120 valence electrons. The molecule has 0 aliphatic rings. The van der Waals surface area contributed by atoms with E-state index in [0.29, 0.717) is 29.2 Å². The molecule has 0 fully saturated rings. The Kier molecular flexibility index (Phi) is 5.16. The molecule has 1 amide bonds. The topological polar surface area (TPSA) is 66.4 Å². The number of carbonyl (C=O) groups excluding carboxylic acids is 2. The molecular formula is C19H21NO3. The van der Waals surface area contributed by atoms with Gasteiger partial charge in [0.1, 0.15) is 5.75 Å². The van der Waals surface area contributed by atoms with E-state index >= 15 is 0 Å². The van der Waals surface area contributed by atoms with Gasteiger partial charge in [0.05, 0.1) is 0 Å². The molecule has 23 heavy (non-hydrogen) atoms. The van der Waals surface area contributed by atoms with Crippen LogP contribution >= 0.6 is 0 Å². The van der Waals surface area contributed by atoms with Crippen LogP contribution in [0.4, 0.5) is 0 Å². The van der Waals surface area contributed by atoms with E-state index in [9.17, 15) is 14.7 Å². The number of amides is 1. The Labute approximate surface area is 136 Å². The maximum atomic E-state index is 12.1. The number of aldehydes is 1. The van der Waals surface area contributed by atoms with Gasteiger partial charge in [-0.15, -0.1) is 0 Å².